The summed E-state index contributed by atoms with van der Waals surface area (Å²) < 4.78 is 1.88. The average Bonchev–Trinajstić information content (AvgIpc) is 3.37. The summed E-state index contributed by atoms with van der Waals surface area (Å²) in [6, 6.07) is 27.0. The van der Waals surface area contributed by atoms with E-state index in [1.165, 1.54) is 11.1 Å². The van der Waals surface area contributed by atoms with Crippen LogP contribution in [0.5, 0.6) is 0 Å². The third kappa shape index (κ3) is 6.01. The molecule has 0 radical (unpaired) electrons. The zero-order valence-corrected chi connectivity index (χ0v) is 21.4. The van der Waals surface area contributed by atoms with E-state index in [1.54, 1.807) is 0 Å². The summed E-state index contributed by atoms with van der Waals surface area (Å²) in [4.78, 5) is 18.5. The number of H-pyrrole nitrogens is 1. The van der Waals surface area contributed by atoms with Gasteiger partial charge in [-0.1, -0.05) is 72.8 Å². The van der Waals surface area contributed by atoms with Crippen LogP contribution in [0.4, 0.5) is 0 Å². The molecule has 7 heteroatoms. The Morgan fingerprint density at radius 3 is 2.24 bits per heavy atom. The van der Waals surface area contributed by atoms with Gasteiger partial charge in [0.05, 0.1) is 12.1 Å². The van der Waals surface area contributed by atoms with Crippen molar-refractivity contribution in [2.75, 3.05) is 6.54 Å². The van der Waals surface area contributed by atoms with Crippen LogP contribution in [0.25, 0.3) is 10.9 Å². The lowest BCUT2D eigenvalue weighted by Gasteiger charge is -2.22. The van der Waals surface area contributed by atoms with E-state index in [0.717, 1.165) is 52.8 Å². The molecule has 0 spiro atoms. The number of benzene rings is 3. The number of fused-ring (bicyclic) bond motifs is 1. The van der Waals surface area contributed by atoms with Crippen molar-refractivity contribution in [3.8, 4) is 0 Å². The summed E-state index contributed by atoms with van der Waals surface area (Å²) in [6.45, 7) is 6.65. The molecule has 0 aliphatic rings. The van der Waals surface area contributed by atoms with Crippen molar-refractivity contribution < 1.29 is 0 Å². The Morgan fingerprint density at radius 2 is 1.51 bits per heavy atom. The van der Waals surface area contributed by atoms with Gasteiger partial charge in [0.25, 0.3) is 5.56 Å². The van der Waals surface area contributed by atoms with Gasteiger partial charge in [0.15, 0.2) is 5.82 Å². The number of nitrogens with one attached hydrogen (secondary N) is 1. The monoisotopic (exact) mass is 492 g/mol. The SMILES string of the molecule is Cc1ccc(C)c2[nH]c(=O)c(CN(CCc3ccccc3)Cc3nnnn3CCc3ccccc3)cc12. The molecule has 5 rings (SSSR count). The first kappa shape index (κ1) is 24.6. The number of nitrogens with zero attached hydrogens (tertiary/aromatic N) is 5. The number of rotatable bonds is 10. The van der Waals surface area contributed by atoms with E-state index in [2.05, 4.69) is 80.9 Å². The molecule has 0 unspecified atom stereocenters. The van der Waals surface area contributed by atoms with Gasteiger partial charge in [-0.25, -0.2) is 4.68 Å². The van der Waals surface area contributed by atoms with Crippen LogP contribution in [0, 0.1) is 13.8 Å². The molecule has 0 atom stereocenters. The molecule has 0 saturated carbocycles. The minimum atomic E-state index is -0.0467. The molecule has 37 heavy (non-hydrogen) atoms. The standard InChI is InChI=1S/C30H32N6O/c1-22-13-14-23(2)29-27(22)19-26(30(37)31-29)20-35(17-15-24-9-5-3-6-10-24)21-28-32-33-34-36(28)18-16-25-11-7-4-8-12-25/h3-14,19H,15-18,20-21H2,1-2H3,(H,31,37). The van der Waals surface area contributed by atoms with E-state index >= 15 is 0 Å². The summed E-state index contributed by atoms with van der Waals surface area (Å²) in [5.74, 6) is 0.799. The second kappa shape index (κ2) is 11.3. The molecule has 3 aromatic carbocycles. The summed E-state index contributed by atoms with van der Waals surface area (Å²) in [7, 11) is 0. The maximum absolute atomic E-state index is 13.1. The molecule has 188 valence electrons. The average molecular weight is 493 g/mol. The maximum Gasteiger partial charge on any atom is 0.252 e. The lowest BCUT2D eigenvalue weighted by atomic mass is 10.0. The Balaban J connectivity index is 1.39. The molecule has 0 amide bonds. The summed E-state index contributed by atoms with van der Waals surface area (Å²) in [5.41, 5.74) is 6.34. The van der Waals surface area contributed by atoms with Gasteiger partial charge in [-0.15, -0.1) is 5.10 Å². The molecular weight excluding hydrogens is 460 g/mol. The third-order valence-electron chi connectivity index (χ3n) is 6.90. The highest BCUT2D eigenvalue weighted by molar-refractivity contribution is 5.85. The summed E-state index contributed by atoms with van der Waals surface area (Å²) in [6.07, 6.45) is 1.72. The van der Waals surface area contributed by atoms with E-state index in [9.17, 15) is 4.79 Å². The minimum Gasteiger partial charge on any atom is -0.321 e. The van der Waals surface area contributed by atoms with Crippen molar-refractivity contribution in [2.24, 2.45) is 0 Å². The van der Waals surface area contributed by atoms with Crippen LogP contribution in [0.3, 0.4) is 0 Å². The van der Waals surface area contributed by atoms with E-state index in [4.69, 9.17) is 0 Å². The number of pyridine rings is 1. The fourth-order valence-corrected chi connectivity index (χ4v) is 4.71. The van der Waals surface area contributed by atoms with E-state index in [0.29, 0.717) is 19.6 Å². The molecule has 0 saturated heterocycles. The van der Waals surface area contributed by atoms with Crippen LogP contribution in [0.1, 0.15) is 33.6 Å². The number of hydrogen-bond acceptors (Lipinski definition) is 5. The molecule has 1 N–H and O–H groups in total. The highest BCUT2D eigenvalue weighted by Crippen LogP contribution is 2.20. The number of aromatic nitrogens is 5. The van der Waals surface area contributed by atoms with Gasteiger partial charge in [0.2, 0.25) is 0 Å². The molecule has 7 nitrogen and oxygen atoms in total. The molecule has 0 aliphatic heterocycles. The molecular formula is C30H32N6O. The maximum atomic E-state index is 13.1. The lowest BCUT2D eigenvalue weighted by molar-refractivity contribution is 0.247. The summed E-state index contributed by atoms with van der Waals surface area (Å²) in [5, 5.41) is 13.6. The predicted molar refractivity (Wildman–Crippen MR) is 146 cm³/mol. The highest BCUT2D eigenvalue weighted by Gasteiger charge is 2.16. The Morgan fingerprint density at radius 1 is 0.838 bits per heavy atom. The Bertz CT molecular complexity index is 1520. The molecule has 2 heterocycles. The van der Waals surface area contributed by atoms with Crippen molar-refractivity contribution in [3.63, 3.8) is 0 Å². The number of tetrazole rings is 1. The van der Waals surface area contributed by atoms with Gasteiger partial charge in [-0.05, 0) is 65.4 Å². The van der Waals surface area contributed by atoms with Gasteiger partial charge in [-0.3, -0.25) is 9.69 Å². The molecule has 0 aliphatic carbocycles. The van der Waals surface area contributed by atoms with Crippen LogP contribution < -0.4 is 5.56 Å². The normalized spacial score (nSPS) is 11.4. The topological polar surface area (TPSA) is 79.7 Å². The summed E-state index contributed by atoms with van der Waals surface area (Å²) >= 11 is 0. The van der Waals surface area contributed by atoms with E-state index < -0.39 is 0 Å². The zero-order valence-electron chi connectivity index (χ0n) is 21.4. The van der Waals surface area contributed by atoms with Crippen molar-refractivity contribution in [1.29, 1.82) is 0 Å². The zero-order chi connectivity index (χ0) is 25.6. The molecule has 5 aromatic rings. The molecule has 0 fully saturated rings. The largest absolute Gasteiger partial charge is 0.321 e. The van der Waals surface area contributed by atoms with Crippen molar-refractivity contribution in [2.45, 2.75) is 46.3 Å². The first-order chi connectivity index (χ1) is 18.1. The van der Waals surface area contributed by atoms with Gasteiger partial charge in [-0.2, -0.15) is 0 Å². The van der Waals surface area contributed by atoms with Crippen LogP contribution >= 0.6 is 0 Å². The Kier molecular flexibility index (Phi) is 7.51. The van der Waals surface area contributed by atoms with Gasteiger partial charge < -0.3 is 4.98 Å². The smallest absolute Gasteiger partial charge is 0.252 e. The van der Waals surface area contributed by atoms with Gasteiger partial charge in [0, 0.05) is 30.6 Å². The fraction of sp³-hybridized carbons (Fsp3) is 0.267. The predicted octanol–water partition coefficient (Wildman–Crippen LogP) is 4.62. The van der Waals surface area contributed by atoms with E-state index in [1.807, 2.05) is 41.9 Å². The van der Waals surface area contributed by atoms with Crippen molar-refractivity contribution >= 4 is 10.9 Å². The lowest BCUT2D eigenvalue weighted by Crippen LogP contribution is -2.30. The van der Waals surface area contributed by atoms with Crippen LogP contribution in [0.2, 0.25) is 0 Å². The van der Waals surface area contributed by atoms with E-state index in [-0.39, 0.29) is 5.56 Å². The first-order valence-corrected chi connectivity index (χ1v) is 12.7. The molecule has 0 bridgehead atoms. The third-order valence-corrected chi connectivity index (χ3v) is 6.90. The Labute approximate surface area is 216 Å². The second-order valence-corrected chi connectivity index (χ2v) is 9.61. The highest BCUT2D eigenvalue weighted by atomic mass is 16.1. The second-order valence-electron chi connectivity index (χ2n) is 9.61. The van der Waals surface area contributed by atoms with Gasteiger partial charge >= 0.3 is 0 Å². The number of aryl methyl sites for hydroxylation is 4. The van der Waals surface area contributed by atoms with Crippen molar-refractivity contribution in [3.05, 3.63) is 123 Å². The van der Waals surface area contributed by atoms with Gasteiger partial charge in [0.1, 0.15) is 0 Å². The van der Waals surface area contributed by atoms with Crippen molar-refractivity contribution in [1.82, 2.24) is 30.1 Å². The fourth-order valence-electron chi connectivity index (χ4n) is 4.71. The quantitative estimate of drug-likeness (QED) is 0.308. The van der Waals surface area contributed by atoms with Crippen LogP contribution in [0.15, 0.2) is 83.7 Å². The van der Waals surface area contributed by atoms with Crippen LogP contribution in [-0.4, -0.2) is 36.6 Å². The Hall–Kier alpha value is -4.10. The van der Waals surface area contributed by atoms with Crippen LogP contribution in [-0.2, 0) is 32.5 Å². The number of aromatic amines is 1. The first-order valence-electron chi connectivity index (χ1n) is 12.7. The number of hydrogen-bond donors (Lipinski definition) is 1. The minimum absolute atomic E-state index is 0.0467. The molecule has 2 aromatic heterocycles.